The van der Waals surface area contributed by atoms with Gasteiger partial charge in [-0.25, -0.2) is 10.2 Å². The molecule has 0 aliphatic carbocycles. The Balaban J connectivity index is 1.52. The molecule has 0 spiro atoms. The van der Waals surface area contributed by atoms with E-state index in [4.69, 9.17) is 25.8 Å². The quantitative estimate of drug-likeness (QED) is 0.203. The van der Waals surface area contributed by atoms with E-state index in [1.54, 1.807) is 66.7 Å². The lowest BCUT2D eigenvalue weighted by molar-refractivity contribution is -0.120. The van der Waals surface area contributed by atoms with Gasteiger partial charge >= 0.3 is 5.97 Å². The van der Waals surface area contributed by atoms with E-state index in [0.717, 1.165) is 0 Å². The van der Waals surface area contributed by atoms with Crippen molar-refractivity contribution in [1.82, 2.24) is 10.7 Å². The van der Waals surface area contributed by atoms with Gasteiger partial charge in [-0.15, -0.1) is 0 Å². The first-order valence-corrected chi connectivity index (χ1v) is 10.7. The molecule has 0 heterocycles. The Morgan fingerprint density at radius 2 is 1.57 bits per heavy atom. The number of hydrazone groups is 1. The molecule has 3 aromatic carbocycles. The first kappa shape index (κ1) is 25.3. The molecule has 0 bridgehead atoms. The van der Waals surface area contributed by atoms with Crippen molar-refractivity contribution in [1.29, 1.82) is 0 Å². The highest BCUT2D eigenvalue weighted by Crippen LogP contribution is 2.28. The highest BCUT2D eigenvalue weighted by atomic mass is 35.5. The molecule has 2 amide bonds. The number of carbonyl (C=O) groups is 3. The number of carbonyl (C=O) groups excluding carboxylic acids is 3. The van der Waals surface area contributed by atoms with Gasteiger partial charge in [0.05, 0.1) is 32.5 Å². The lowest BCUT2D eigenvalue weighted by Gasteiger charge is -2.10. The molecule has 3 rings (SSSR count). The highest BCUT2D eigenvalue weighted by Gasteiger charge is 2.13. The number of nitrogens with one attached hydrogen (secondary N) is 2. The third-order valence-electron chi connectivity index (χ3n) is 4.63. The summed E-state index contributed by atoms with van der Waals surface area (Å²) in [4.78, 5) is 36.4. The molecule has 9 nitrogen and oxygen atoms in total. The third kappa shape index (κ3) is 7.31. The van der Waals surface area contributed by atoms with Crippen molar-refractivity contribution in [2.24, 2.45) is 5.10 Å². The normalized spacial score (nSPS) is 10.5. The SMILES string of the molecule is COc1ccc(C(=O)NCC(=O)N/N=C/c2ccc(OC(=O)c3ccc(Cl)cc3)c(OC)c2)cc1. The summed E-state index contributed by atoms with van der Waals surface area (Å²) in [6.45, 7) is -0.259. The molecule has 0 unspecified atom stereocenters. The van der Waals surface area contributed by atoms with Crippen LogP contribution >= 0.6 is 11.6 Å². The van der Waals surface area contributed by atoms with E-state index in [1.165, 1.54) is 20.4 Å². The second-order valence-electron chi connectivity index (χ2n) is 7.01. The number of ether oxygens (including phenoxy) is 3. The molecule has 2 N–H and O–H groups in total. The van der Waals surface area contributed by atoms with Gasteiger partial charge in [-0.05, 0) is 72.3 Å². The third-order valence-corrected chi connectivity index (χ3v) is 4.89. The summed E-state index contributed by atoms with van der Waals surface area (Å²) in [6, 6.07) is 17.5. The van der Waals surface area contributed by atoms with Gasteiger partial charge < -0.3 is 19.5 Å². The summed E-state index contributed by atoms with van der Waals surface area (Å²) in [6.07, 6.45) is 1.39. The van der Waals surface area contributed by atoms with Crippen LogP contribution in [0.25, 0.3) is 0 Å². The average molecular weight is 496 g/mol. The maximum Gasteiger partial charge on any atom is 0.343 e. The Morgan fingerprint density at radius 1 is 0.886 bits per heavy atom. The van der Waals surface area contributed by atoms with Crippen LogP contribution in [0.5, 0.6) is 17.2 Å². The maximum atomic E-state index is 12.3. The number of methoxy groups -OCH3 is 2. The van der Waals surface area contributed by atoms with Crippen LogP contribution in [0.15, 0.2) is 71.8 Å². The van der Waals surface area contributed by atoms with Crippen molar-refractivity contribution < 1.29 is 28.6 Å². The van der Waals surface area contributed by atoms with E-state index >= 15 is 0 Å². The number of rotatable bonds is 9. The fourth-order valence-electron chi connectivity index (χ4n) is 2.82. The van der Waals surface area contributed by atoms with Gasteiger partial charge in [-0.3, -0.25) is 9.59 Å². The van der Waals surface area contributed by atoms with Crippen LogP contribution in [-0.2, 0) is 4.79 Å². The standard InChI is InChI=1S/C25H22ClN3O6/c1-33-20-10-6-17(7-11-20)24(31)27-15-23(30)29-28-14-16-3-12-21(22(13-16)34-2)35-25(32)18-4-8-19(26)9-5-18/h3-14H,15H2,1-2H3,(H,27,31)(H,29,30)/b28-14+. The van der Waals surface area contributed by atoms with Crippen molar-refractivity contribution in [2.45, 2.75) is 0 Å². The lowest BCUT2D eigenvalue weighted by Crippen LogP contribution is -2.34. The Morgan fingerprint density at radius 3 is 2.23 bits per heavy atom. The summed E-state index contributed by atoms with van der Waals surface area (Å²) in [5, 5.41) is 6.88. The van der Waals surface area contributed by atoms with Gasteiger partial charge in [0.15, 0.2) is 11.5 Å². The van der Waals surface area contributed by atoms with Crippen LogP contribution in [-0.4, -0.2) is 44.8 Å². The Hall–Kier alpha value is -4.37. The number of nitrogens with zero attached hydrogens (tertiary/aromatic N) is 1. The minimum atomic E-state index is -0.565. The molecular weight excluding hydrogens is 474 g/mol. The number of benzene rings is 3. The van der Waals surface area contributed by atoms with Crippen LogP contribution in [0.3, 0.4) is 0 Å². The maximum absolute atomic E-state index is 12.3. The summed E-state index contributed by atoms with van der Waals surface area (Å²) >= 11 is 5.84. The first-order chi connectivity index (χ1) is 16.9. The number of hydrogen-bond donors (Lipinski definition) is 2. The second kappa shape index (κ2) is 12.2. The molecule has 0 aliphatic heterocycles. The second-order valence-corrected chi connectivity index (χ2v) is 7.45. The van der Waals surface area contributed by atoms with Crippen molar-refractivity contribution in [3.8, 4) is 17.2 Å². The first-order valence-electron chi connectivity index (χ1n) is 10.3. The van der Waals surface area contributed by atoms with Gasteiger partial charge in [0.1, 0.15) is 5.75 Å². The minimum Gasteiger partial charge on any atom is -0.497 e. The van der Waals surface area contributed by atoms with Crippen LogP contribution in [0.1, 0.15) is 26.3 Å². The number of halogens is 1. The van der Waals surface area contributed by atoms with E-state index in [2.05, 4.69) is 15.8 Å². The van der Waals surface area contributed by atoms with Crippen LogP contribution in [0.4, 0.5) is 0 Å². The number of esters is 1. The van der Waals surface area contributed by atoms with E-state index in [0.29, 0.717) is 33.2 Å². The molecule has 0 saturated carbocycles. The zero-order chi connectivity index (χ0) is 25.2. The summed E-state index contributed by atoms with van der Waals surface area (Å²) in [5.41, 5.74) is 3.64. The summed E-state index contributed by atoms with van der Waals surface area (Å²) < 4.78 is 15.7. The van der Waals surface area contributed by atoms with Gasteiger partial charge in [0.25, 0.3) is 11.8 Å². The van der Waals surface area contributed by atoms with E-state index in [-0.39, 0.29) is 12.3 Å². The van der Waals surface area contributed by atoms with Crippen molar-refractivity contribution >= 4 is 35.6 Å². The number of hydrogen-bond acceptors (Lipinski definition) is 7. The highest BCUT2D eigenvalue weighted by molar-refractivity contribution is 6.30. The predicted octanol–water partition coefficient (Wildman–Crippen LogP) is 3.46. The largest absolute Gasteiger partial charge is 0.497 e. The van der Waals surface area contributed by atoms with E-state index < -0.39 is 17.8 Å². The summed E-state index contributed by atoms with van der Waals surface area (Å²) in [5.74, 6) is -0.337. The Labute approximate surface area is 206 Å². The molecule has 180 valence electrons. The average Bonchev–Trinajstić information content (AvgIpc) is 2.88. The fourth-order valence-corrected chi connectivity index (χ4v) is 2.94. The van der Waals surface area contributed by atoms with Crippen LogP contribution in [0, 0.1) is 0 Å². The minimum absolute atomic E-state index is 0.217. The zero-order valence-electron chi connectivity index (χ0n) is 18.9. The molecule has 0 atom stereocenters. The van der Waals surface area contributed by atoms with Crippen LogP contribution in [0.2, 0.25) is 5.02 Å². The molecule has 35 heavy (non-hydrogen) atoms. The fraction of sp³-hybridized carbons (Fsp3) is 0.120. The monoisotopic (exact) mass is 495 g/mol. The number of amides is 2. The molecule has 0 saturated heterocycles. The molecule has 0 radical (unpaired) electrons. The topological polar surface area (TPSA) is 115 Å². The molecular formula is C25H22ClN3O6. The molecule has 0 aromatic heterocycles. The predicted molar refractivity (Wildman–Crippen MR) is 130 cm³/mol. The van der Waals surface area contributed by atoms with Crippen molar-refractivity contribution in [2.75, 3.05) is 20.8 Å². The summed E-state index contributed by atoms with van der Waals surface area (Å²) in [7, 11) is 2.96. The van der Waals surface area contributed by atoms with Gasteiger partial charge in [-0.1, -0.05) is 11.6 Å². The van der Waals surface area contributed by atoms with E-state index in [9.17, 15) is 14.4 Å². The van der Waals surface area contributed by atoms with Gasteiger partial charge in [-0.2, -0.15) is 5.10 Å². The molecule has 3 aromatic rings. The Kier molecular flexibility index (Phi) is 8.80. The smallest absolute Gasteiger partial charge is 0.343 e. The lowest BCUT2D eigenvalue weighted by atomic mass is 10.2. The van der Waals surface area contributed by atoms with Crippen LogP contribution < -0.4 is 25.0 Å². The van der Waals surface area contributed by atoms with Gasteiger partial charge in [0.2, 0.25) is 0 Å². The zero-order valence-corrected chi connectivity index (χ0v) is 19.7. The molecule has 10 heteroatoms. The Bertz CT molecular complexity index is 1230. The van der Waals surface area contributed by atoms with Gasteiger partial charge in [0, 0.05) is 10.6 Å². The molecule has 0 aliphatic rings. The van der Waals surface area contributed by atoms with Crippen molar-refractivity contribution in [3.63, 3.8) is 0 Å². The molecule has 0 fully saturated rings. The van der Waals surface area contributed by atoms with E-state index in [1.807, 2.05) is 0 Å². The van der Waals surface area contributed by atoms with Crippen molar-refractivity contribution in [3.05, 3.63) is 88.4 Å².